The van der Waals surface area contributed by atoms with E-state index in [0.29, 0.717) is 55.7 Å². The van der Waals surface area contributed by atoms with Crippen LogP contribution in [-0.4, -0.2) is 38.0 Å². The maximum Gasteiger partial charge on any atom is 0.338 e. The zero-order chi connectivity index (χ0) is 26.3. The molecular formula is C26H26BrN3O6S. The lowest BCUT2D eigenvalue weighted by molar-refractivity contribution is -0.139. The number of allylic oxidation sites excluding steroid dienone is 1. The van der Waals surface area contributed by atoms with E-state index in [9.17, 15) is 9.59 Å². The highest BCUT2D eigenvalue weighted by Crippen LogP contribution is 2.39. The molecule has 0 radical (unpaired) electrons. The van der Waals surface area contributed by atoms with Crippen LogP contribution in [-0.2, 0) is 9.53 Å². The third kappa shape index (κ3) is 4.61. The Labute approximate surface area is 225 Å². The van der Waals surface area contributed by atoms with Crippen molar-refractivity contribution < 1.29 is 23.4 Å². The van der Waals surface area contributed by atoms with Crippen LogP contribution in [0.3, 0.4) is 0 Å². The van der Waals surface area contributed by atoms with E-state index in [1.165, 1.54) is 11.3 Å². The highest BCUT2D eigenvalue weighted by molar-refractivity contribution is 9.10. The van der Waals surface area contributed by atoms with Crippen molar-refractivity contribution in [1.82, 2.24) is 4.57 Å². The molecule has 0 N–H and O–H groups in total. The number of carbonyl (C=O) groups excluding carboxylic acids is 1. The van der Waals surface area contributed by atoms with E-state index < -0.39 is 12.0 Å². The minimum atomic E-state index is -0.728. The number of anilines is 1. The van der Waals surface area contributed by atoms with Gasteiger partial charge >= 0.3 is 5.97 Å². The Morgan fingerprint density at radius 2 is 2.05 bits per heavy atom. The van der Waals surface area contributed by atoms with Gasteiger partial charge in [0.05, 0.1) is 32.9 Å². The van der Waals surface area contributed by atoms with Crippen molar-refractivity contribution in [2.24, 2.45) is 4.99 Å². The summed E-state index contributed by atoms with van der Waals surface area (Å²) in [6, 6.07) is 6.53. The van der Waals surface area contributed by atoms with Crippen LogP contribution in [0.4, 0.5) is 5.88 Å². The molecule has 1 atom stereocenters. The molecule has 0 saturated heterocycles. The third-order valence-corrected chi connectivity index (χ3v) is 7.52. The van der Waals surface area contributed by atoms with Gasteiger partial charge in [0.1, 0.15) is 5.76 Å². The largest absolute Gasteiger partial charge is 0.463 e. The number of thiazole rings is 1. The zero-order valence-electron chi connectivity index (χ0n) is 20.9. The van der Waals surface area contributed by atoms with Crippen LogP contribution in [0.25, 0.3) is 6.08 Å². The first-order chi connectivity index (χ1) is 17.8. The molecule has 0 unspecified atom stereocenters. The van der Waals surface area contributed by atoms with Crippen LogP contribution in [0.1, 0.15) is 44.1 Å². The minimum absolute atomic E-state index is 0.122. The van der Waals surface area contributed by atoms with Crippen molar-refractivity contribution in [1.29, 1.82) is 0 Å². The smallest absolute Gasteiger partial charge is 0.338 e. The lowest BCUT2D eigenvalue weighted by atomic mass is 9.94. The monoisotopic (exact) mass is 587 g/mol. The number of hydrogen-bond acceptors (Lipinski definition) is 9. The number of esters is 1. The van der Waals surface area contributed by atoms with Crippen molar-refractivity contribution in [3.63, 3.8) is 0 Å². The summed E-state index contributed by atoms with van der Waals surface area (Å²) >= 11 is 4.76. The Hall–Kier alpha value is -3.31. The number of ether oxygens (including phenoxy) is 3. The van der Waals surface area contributed by atoms with Crippen molar-refractivity contribution in [3.05, 3.63) is 71.0 Å². The van der Waals surface area contributed by atoms with Crippen LogP contribution in [0.5, 0.6) is 11.5 Å². The van der Waals surface area contributed by atoms with Gasteiger partial charge in [-0.15, -0.1) is 0 Å². The summed E-state index contributed by atoms with van der Waals surface area (Å²) in [5, 5.41) is 0. The first-order valence-electron chi connectivity index (χ1n) is 11.9. The number of halogens is 1. The zero-order valence-corrected chi connectivity index (χ0v) is 23.3. The number of benzene rings is 1. The van der Waals surface area contributed by atoms with E-state index >= 15 is 0 Å². The molecular weight excluding hydrogens is 562 g/mol. The maximum atomic E-state index is 13.8. The van der Waals surface area contributed by atoms with Crippen molar-refractivity contribution >= 4 is 45.2 Å². The van der Waals surface area contributed by atoms with Gasteiger partial charge in [0, 0.05) is 26.2 Å². The van der Waals surface area contributed by atoms with Gasteiger partial charge in [-0.3, -0.25) is 9.36 Å². The van der Waals surface area contributed by atoms with E-state index in [1.54, 1.807) is 23.6 Å². The van der Waals surface area contributed by atoms with Gasteiger partial charge < -0.3 is 23.5 Å². The maximum absolute atomic E-state index is 13.8. The summed E-state index contributed by atoms with van der Waals surface area (Å²) in [6.07, 6.45) is 3.04. The fraction of sp³-hybridized carbons (Fsp3) is 0.346. The van der Waals surface area contributed by atoms with Gasteiger partial charge in [-0.05, 0) is 47.0 Å². The molecule has 194 valence electrons. The lowest BCUT2D eigenvalue weighted by Gasteiger charge is -2.25. The molecule has 9 nitrogen and oxygen atoms in total. The van der Waals surface area contributed by atoms with Crippen LogP contribution in [0.15, 0.2) is 54.2 Å². The second-order valence-corrected chi connectivity index (χ2v) is 10.6. The molecule has 37 heavy (non-hydrogen) atoms. The van der Waals surface area contributed by atoms with E-state index in [1.807, 2.05) is 44.1 Å². The highest BCUT2D eigenvalue weighted by Gasteiger charge is 2.35. The summed E-state index contributed by atoms with van der Waals surface area (Å²) in [6.45, 7) is 4.11. The molecule has 1 aromatic carbocycles. The van der Waals surface area contributed by atoms with Gasteiger partial charge in [0.15, 0.2) is 16.3 Å². The van der Waals surface area contributed by atoms with Crippen molar-refractivity contribution in [3.8, 4) is 11.5 Å². The molecule has 0 fully saturated rings. The first kappa shape index (κ1) is 25.3. The van der Waals surface area contributed by atoms with Gasteiger partial charge in [0.25, 0.3) is 5.56 Å². The number of nitrogens with zero attached hydrogens (tertiary/aromatic N) is 3. The molecule has 0 amide bonds. The van der Waals surface area contributed by atoms with Crippen molar-refractivity contribution in [2.45, 2.75) is 32.7 Å². The van der Waals surface area contributed by atoms with Crippen LogP contribution in [0, 0.1) is 0 Å². The fourth-order valence-electron chi connectivity index (χ4n) is 4.40. The quantitative estimate of drug-likeness (QED) is 0.389. The number of carbonyl (C=O) groups is 1. The van der Waals surface area contributed by atoms with E-state index in [4.69, 9.17) is 23.6 Å². The Balaban J connectivity index is 1.73. The molecule has 0 aliphatic carbocycles. The van der Waals surface area contributed by atoms with Gasteiger partial charge in [-0.2, -0.15) is 0 Å². The summed E-state index contributed by atoms with van der Waals surface area (Å²) < 4.78 is 25.2. The van der Waals surface area contributed by atoms with E-state index in [-0.39, 0.29) is 19.0 Å². The number of aromatic nitrogens is 1. The molecule has 2 aromatic heterocycles. The number of furan rings is 1. The van der Waals surface area contributed by atoms with Crippen LogP contribution < -0.4 is 29.3 Å². The van der Waals surface area contributed by atoms with Crippen LogP contribution >= 0.6 is 27.3 Å². The molecule has 0 spiro atoms. The molecule has 4 heterocycles. The lowest BCUT2D eigenvalue weighted by Crippen LogP contribution is -2.40. The SMILES string of the molecule is CCCC1=C(C(=O)OCC)[C@H](c2ccc3c(c2)OCO3)n2c(s/c(=C/c3cc(Br)c(N(C)C)o3)c2=O)=N1. The Kier molecular flexibility index (Phi) is 7.00. The second-order valence-electron chi connectivity index (χ2n) is 8.72. The van der Waals surface area contributed by atoms with Gasteiger partial charge in [0.2, 0.25) is 12.7 Å². The highest BCUT2D eigenvalue weighted by atomic mass is 79.9. The molecule has 0 bridgehead atoms. The average molecular weight is 588 g/mol. The van der Waals surface area contributed by atoms with E-state index in [2.05, 4.69) is 15.9 Å². The summed E-state index contributed by atoms with van der Waals surface area (Å²) in [4.78, 5) is 34.2. The number of hydrogen-bond donors (Lipinski definition) is 0. The summed E-state index contributed by atoms with van der Waals surface area (Å²) in [7, 11) is 3.75. The fourth-order valence-corrected chi connectivity index (χ4v) is 6.06. The second kappa shape index (κ2) is 10.2. The predicted octanol–water partition coefficient (Wildman–Crippen LogP) is 3.73. The predicted molar refractivity (Wildman–Crippen MR) is 143 cm³/mol. The summed E-state index contributed by atoms with van der Waals surface area (Å²) in [5.74, 6) is 1.86. The molecule has 3 aromatic rings. The number of rotatable bonds is 7. The molecule has 2 aliphatic heterocycles. The van der Waals surface area contributed by atoms with Crippen molar-refractivity contribution in [2.75, 3.05) is 32.4 Å². The first-order valence-corrected chi connectivity index (χ1v) is 13.5. The van der Waals surface area contributed by atoms with Crippen LogP contribution in [0.2, 0.25) is 0 Å². The normalized spacial score (nSPS) is 16.6. The molecule has 2 aliphatic rings. The Morgan fingerprint density at radius 1 is 1.27 bits per heavy atom. The molecule has 5 rings (SSSR count). The third-order valence-electron chi connectivity index (χ3n) is 5.97. The minimum Gasteiger partial charge on any atom is -0.463 e. The average Bonchev–Trinajstić information content (AvgIpc) is 3.56. The number of fused-ring (bicyclic) bond motifs is 2. The molecule has 11 heteroatoms. The Morgan fingerprint density at radius 3 is 2.76 bits per heavy atom. The van der Waals surface area contributed by atoms with E-state index in [0.717, 1.165) is 10.9 Å². The van der Waals surface area contributed by atoms with Gasteiger partial charge in [-0.1, -0.05) is 30.7 Å². The standard InChI is InChI=1S/C26H26BrN3O6S/c1-5-7-17-21(25(32)33-6-2)22(14-8-9-18-19(10-14)35-13-34-18)30-23(31)20(37-26(30)28-17)12-15-11-16(27)24(36-15)29(3)4/h8-12,22H,5-7,13H2,1-4H3/b20-12+/t22-/m0/s1. The van der Waals surface area contributed by atoms with Gasteiger partial charge in [-0.25, -0.2) is 9.79 Å². The molecule has 0 saturated carbocycles. The Bertz CT molecular complexity index is 1580. The summed E-state index contributed by atoms with van der Waals surface area (Å²) in [5.41, 5.74) is 1.41. The topological polar surface area (TPSA) is 95.5 Å².